The summed E-state index contributed by atoms with van der Waals surface area (Å²) in [5, 5.41) is 0. The summed E-state index contributed by atoms with van der Waals surface area (Å²) >= 11 is 5.37. The third kappa shape index (κ3) is 3.48. The average Bonchev–Trinajstić information content (AvgIpc) is 3.19. The quantitative estimate of drug-likeness (QED) is 0.787. The molecule has 4 rings (SSSR count). The molecule has 6 heteroatoms. The summed E-state index contributed by atoms with van der Waals surface area (Å²) in [7, 11) is 0. The van der Waals surface area contributed by atoms with Crippen LogP contribution in [0.5, 0.6) is 0 Å². The zero-order valence-electron chi connectivity index (χ0n) is 15.0. The minimum atomic E-state index is -0.312. The van der Waals surface area contributed by atoms with E-state index in [1.165, 1.54) is 27.1 Å². The first-order chi connectivity index (χ1) is 12.5. The van der Waals surface area contributed by atoms with Crippen molar-refractivity contribution in [3.63, 3.8) is 0 Å². The Balaban J connectivity index is 1.41. The molecule has 2 aliphatic rings. The van der Waals surface area contributed by atoms with Gasteiger partial charge in [0, 0.05) is 48.7 Å². The number of thiophene rings is 1. The molecule has 0 radical (unpaired) electrons. The molecule has 3 heterocycles. The average molecular weight is 434 g/mol. The van der Waals surface area contributed by atoms with Crippen LogP contribution in [0.1, 0.15) is 52.2 Å². The molecular formula is C20H24BrN3OS. The summed E-state index contributed by atoms with van der Waals surface area (Å²) in [6, 6.07) is 11.2. The molecule has 1 saturated heterocycles. The number of piperidine rings is 1. The van der Waals surface area contributed by atoms with Crippen molar-refractivity contribution in [3.05, 3.63) is 55.7 Å². The highest BCUT2D eigenvalue weighted by molar-refractivity contribution is 9.11. The van der Waals surface area contributed by atoms with E-state index in [0.717, 1.165) is 31.7 Å². The van der Waals surface area contributed by atoms with Crippen LogP contribution in [0.4, 0.5) is 0 Å². The van der Waals surface area contributed by atoms with Gasteiger partial charge in [-0.3, -0.25) is 14.6 Å². The number of carbonyl (C=O) groups is 1. The molecule has 4 nitrogen and oxygen atoms in total. The van der Waals surface area contributed by atoms with Crippen LogP contribution in [0.15, 0.2) is 34.1 Å². The second-order valence-corrected chi connectivity index (χ2v) is 9.85. The lowest BCUT2D eigenvalue weighted by molar-refractivity contribution is 0.0821. The van der Waals surface area contributed by atoms with Crippen LogP contribution >= 0.6 is 27.3 Å². The number of hydrogen-bond donors (Lipinski definition) is 1. The van der Waals surface area contributed by atoms with E-state index in [-0.39, 0.29) is 5.91 Å². The van der Waals surface area contributed by atoms with Crippen LogP contribution in [0.2, 0.25) is 0 Å². The lowest BCUT2D eigenvalue weighted by Gasteiger charge is -2.38. The maximum Gasteiger partial charge on any atom is 0.249 e. The molecule has 2 N–H and O–H groups in total. The molecule has 2 aromatic rings. The van der Waals surface area contributed by atoms with Crippen LogP contribution in [0.25, 0.3) is 0 Å². The van der Waals surface area contributed by atoms with Gasteiger partial charge >= 0.3 is 0 Å². The lowest BCUT2D eigenvalue weighted by Crippen LogP contribution is -2.43. The molecule has 0 bridgehead atoms. The number of nitrogens with two attached hydrogens (primary N) is 1. The van der Waals surface area contributed by atoms with Crippen LogP contribution in [-0.2, 0) is 13.1 Å². The minimum Gasteiger partial charge on any atom is -0.366 e. The molecule has 1 aromatic carbocycles. The number of likely N-dealkylation sites (tertiary alicyclic amines) is 1. The van der Waals surface area contributed by atoms with Crippen molar-refractivity contribution < 1.29 is 4.79 Å². The summed E-state index contributed by atoms with van der Waals surface area (Å²) in [5.41, 5.74) is 8.68. The number of hydrogen-bond acceptors (Lipinski definition) is 4. The topological polar surface area (TPSA) is 49.6 Å². The van der Waals surface area contributed by atoms with Gasteiger partial charge in [-0.1, -0.05) is 12.1 Å². The first-order valence-corrected chi connectivity index (χ1v) is 10.8. The van der Waals surface area contributed by atoms with Gasteiger partial charge in [-0.25, -0.2) is 0 Å². The van der Waals surface area contributed by atoms with E-state index in [4.69, 9.17) is 5.73 Å². The van der Waals surface area contributed by atoms with Gasteiger partial charge in [-0.05, 0) is 65.0 Å². The maximum absolute atomic E-state index is 11.8. The molecule has 1 atom stereocenters. The first kappa shape index (κ1) is 18.2. The molecule has 2 aliphatic heterocycles. The summed E-state index contributed by atoms with van der Waals surface area (Å²) in [5.74, 6) is -0.312. The van der Waals surface area contributed by atoms with Gasteiger partial charge in [-0.2, -0.15) is 0 Å². The van der Waals surface area contributed by atoms with Crippen LogP contribution in [0, 0.1) is 0 Å². The van der Waals surface area contributed by atoms with Gasteiger partial charge in [0.15, 0.2) is 0 Å². The minimum absolute atomic E-state index is 0.312. The molecule has 0 saturated carbocycles. The molecule has 26 heavy (non-hydrogen) atoms. The zero-order valence-corrected chi connectivity index (χ0v) is 17.4. The van der Waals surface area contributed by atoms with E-state index < -0.39 is 0 Å². The van der Waals surface area contributed by atoms with E-state index in [9.17, 15) is 4.79 Å². The Labute approximate surface area is 167 Å². The fraction of sp³-hybridized carbons (Fsp3) is 0.450. The Hall–Kier alpha value is -1.21. The van der Waals surface area contributed by atoms with Crippen molar-refractivity contribution >= 4 is 33.2 Å². The lowest BCUT2D eigenvalue weighted by atomic mass is 9.99. The Morgan fingerprint density at radius 1 is 1.27 bits per heavy atom. The third-order valence-electron chi connectivity index (χ3n) is 5.80. The molecule has 0 spiro atoms. The molecule has 1 amide bonds. The van der Waals surface area contributed by atoms with E-state index in [1.807, 2.05) is 23.5 Å². The molecular weight excluding hydrogens is 410 g/mol. The van der Waals surface area contributed by atoms with Gasteiger partial charge in [0.25, 0.3) is 0 Å². The second kappa shape index (κ2) is 7.43. The number of nitrogens with zero attached hydrogens (tertiary/aromatic N) is 2. The predicted octanol–water partition coefficient (Wildman–Crippen LogP) is 4.15. The van der Waals surface area contributed by atoms with Gasteiger partial charge in [0.1, 0.15) is 0 Å². The van der Waals surface area contributed by atoms with Gasteiger partial charge in [0.2, 0.25) is 5.91 Å². The van der Waals surface area contributed by atoms with Crippen LogP contribution < -0.4 is 5.73 Å². The summed E-state index contributed by atoms with van der Waals surface area (Å²) in [6.07, 6.45) is 2.35. The fourth-order valence-corrected chi connectivity index (χ4v) is 5.94. The van der Waals surface area contributed by atoms with Gasteiger partial charge in [0.05, 0.1) is 3.79 Å². The van der Waals surface area contributed by atoms with Crippen molar-refractivity contribution in [1.82, 2.24) is 9.80 Å². The number of fused-ring (bicyclic) bond motifs is 1. The van der Waals surface area contributed by atoms with Crippen molar-refractivity contribution in [2.24, 2.45) is 5.73 Å². The summed E-state index contributed by atoms with van der Waals surface area (Å²) in [6.45, 7) is 6.40. The molecule has 0 aliphatic carbocycles. The monoisotopic (exact) mass is 433 g/mol. The van der Waals surface area contributed by atoms with Crippen molar-refractivity contribution in [2.45, 2.75) is 44.9 Å². The maximum atomic E-state index is 11.8. The number of rotatable bonds is 4. The highest BCUT2D eigenvalue weighted by Gasteiger charge is 2.35. The smallest absolute Gasteiger partial charge is 0.249 e. The second-order valence-electron chi connectivity index (χ2n) is 7.30. The van der Waals surface area contributed by atoms with Crippen molar-refractivity contribution in [3.8, 4) is 0 Å². The Kier molecular flexibility index (Phi) is 5.19. The van der Waals surface area contributed by atoms with Crippen molar-refractivity contribution in [2.75, 3.05) is 13.1 Å². The Morgan fingerprint density at radius 3 is 2.69 bits per heavy atom. The first-order valence-electron chi connectivity index (χ1n) is 9.17. The SMILES string of the molecule is CC1c2cccc(C(N)=O)c2CN1C1CCN(Cc2ccc(Br)s2)CC1. The fourth-order valence-electron chi connectivity index (χ4n) is 4.41. The van der Waals surface area contributed by atoms with Crippen molar-refractivity contribution in [1.29, 1.82) is 0 Å². The number of halogens is 1. The van der Waals surface area contributed by atoms with Gasteiger partial charge in [-0.15, -0.1) is 11.3 Å². The number of amides is 1. The highest BCUT2D eigenvalue weighted by atomic mass is 79.9. The third-order valence-corrected chi connectivity index (χ3v) is 7.41. The molecule has 138 valence electrons. The standard InChI is InChI=1S/C20H24BrN3OS/c1-13-16-3-2-4-17(20(22)25)18(16)12-24(13)14-7-9-23(10-8-14)11-15-5-6-19(21)26-15/h2-6,13-14H,7-12H2,1H3,(H2,22,25). The Bertz CT molecular complexity index is 813. The van der Waals surface area contributed by atoms with Crippen LogP contribution in [-0.4, -0.2) is 34.8 Å². The zero-order chi connectivity index (χ0) is 18.3. The highest BCUT2D eigenvalue weighted by Crippen LogP contribution is 2.38. The summed E-state index contributed by atoms with van der Waals surface area (Å²) < 4.78 is 1.20. The van der Waals surface area contributed by atoms with E-state index in [0.29, 0.717) is 17.6 Å². The van der Waals surface area contributed by atoms with E-state index in [2.05, 4.69) is 50.9 Å². The number of primary amides is 1. The Morgan fingerprint density at radius 2 is 2.04 bits per heavy atom. The normalized spacial score (nSPS) is 21.8. The number of carbonyl (C=O) groups excluding carboxylic acids is 1. The molecule has 1 fully saturated rings. The van der Waals surface area contributed by atoms with Gasteiger partial charge < -0.3 is 5.73 Å². The predicted molar refractivity (Wildman–Crippen MR) is 109 cm³/mol. The number of benzene rings is 1. The van der Waals surface area contributed by atoms with Crippen LogP contribution in [0.3, 0.4) is 0 Å². The summed E-state index contributed by atoms with van der Waals surface area (Å²) in [4.78, 5) is 18.3. The largest absolute Gasteiger partial charge is 0.366 e. The molecule has 1 aromatic heterocycles. The van der Waals surface area contributed by atoms with E-state index >= 15 is 0 Å². The van der Waals surface area contributed by atoms with E-state index in [1.54, 1.807) is 0 Å². The molecule has 1 unspecified atom stereocenters.